The third-order valence-corrected chi connectivity index (χ3v) is 3.26. The quantitative estimate of drug-likeness (QED) is 0.773. The van der Waals surface area contributed by atoms with Gasteiger partial charge in [0.15, 0.2) is 0 Å². The summed E-state index contributed by atoms with van der Waals surface area (Å²) in [6, 6.07) is 0.658. The summed E-state index contributed by atoms with van der Waals surface area (Å²) in [5.74, 6) is 0. The van der Waals surface area contributed by atoms with Crippen LogP contribution in [0.3, 0.4) is 0 Å². The standard InChI is InChI=1S/C13H28N2/c1-11(9-14-12(2,3)4)15-8-7-13(5,6)10-15/h11,14H,7-10H2,1-6H3. The molecule has 2 nitrogen and oxygen atoms in total. The zero-order valence-electron chi connectivity index (χ0n) is 11.4. The van der Waals surface area contributed by atoms with Gasteiger partial charge >= 0.3 is 0 Å². The molecular weight excluding hydrogens is 184 g/mol. The van der Waals surface area contributed by atoms with Crippen LogP contribution in [0.15, 0.2) is 0 Å². The average Bonchev–Trinajstić information content (AvgIpc) is 2.40. The summed E-state index contributed by atoms with van der Waals surface area (Å²) in [5.41, 5.74) is 0.763. The van der Waals surface area contributed by atoms with Gasteiger partial charge in [-0.25, -0.2) is 0 Å². The first kappa shape index (κ1) is 13.0. The van der Waals surface area contributed by atoms with Crippen molar-refractivity contribution in [2.75, 3.05) is 19.6 Å². The van der Waals surface area contributed by atoms with E-state index < -0.39 is 0 Å². The first-order valence-corrected chi connectivity index (χ1v) is 6.19. The number of hydrogen-bond acceptors (Lipinski definition) is 2. The zero-order valence-corrected chi connectivity index (χ0v) is 11.4. The Morgan fingerprint density at radius 1 is 1.33 bits per heavy atom. The summed E-state index contributed by atoms with van der Waals surface area (Å²) in [4.78, 5) is 2.61. The van der Waals surface area contributed by atoms with Gasteiger partial charge in [-0.2, -0.15) is 0 Å². The molecular formula is C13H28N2. The molecule has 1 rings (SSSR count). The summed E-state index contributed by atoms with van der Waals surface area (Å²) in [6.45, 7) is 17.4. The van der Waals surface area contributed by atoms with Crippen LogP contribution in [-0.2, 0) is 0 Å². The van der Waals surface area contributed by atoms with E-state index in [0.717, 1.165) is 6.54 Å². The summed E-state index contributed by atoms with van der Waals surface area (Å²) < 4.78 is 0. The predicted molar refractivity (Wildman–Crippen MR) is 67.2 cm³/mol. The van der Waals surface area contributed by atoms with E-state index in [1.54, 1.807) is 0 Å². The first-order valence-electron chi connectivity index (χ1n) is 6.19. The molecule has 1 atom stereocenters. The van der Waals surface area contributed by atoms with Gasteiger partial charge in [-0.1, -0.05) is 13.8 Å². The van der Waals surface area contributed by atoms with Crippen LogP contribution < -0.4 is 5.32 Å². The fourth-order valence-corrected chi connectivity index (χ4v) is 2.11. The highest BCUT2D eigenvalue weighted by atomic mass is 15.2. The Morgan fingerprint density at radius 3 is 2.33 bits per heavy atom. The molecule has 0 aromatic carbocycles. The molecule has 0 aromatic rings. The maximum atomic E-state index is 3.58. The van der Waals surface area contributed by atoms with Crippen molar-refractivity contribution in [3.05, 3.63) is 0 Å². The maximum Gasteiger partial charge on any atom is 0.0192 e. The number of nitrogens with zero attached hydrogens (tertiary/aromatic N) is 1. The topological polar surface area (TPSA) is 15.3 Å². The molecule has 0 radical (unpaired) electrons. The van der Waals surface area contributed by atoms with Gasteiger partial charge in [-0.3, -0.25) is 4.90 Å². The molecule has 15 heavy (non-hydrogen) atoms. The monoisotopic (exact) mass is 212 g/mol. The molecule has 1 aliphatic heterocycles. The molecule has 1 fully saturated rings. The van der Waals surface area contributed by atoms with Crippen molar-refractivity contribution >= 4 is 0 Å². The molecule has 2 heteroatoms. The molecule has 0 spiro atoms. The van der Waals surface area contributed by atoms with Gasteiger partial charge in [0.05, 0.1) is 0 Å². The van der Waals surface area contributed by atoms with Gasteiger partial charge in [-0.05, 0) is 46.1 Å². The molecule has 0 aromatic heterocycles. The number of rotatable bonds is 3. The highest BCUT2D eigenvalue weighted by Gasteiger charge is 2.31. The van der Waals surface area contributed by atoms with E-state index in [1.165, 1.54) is 19.5 Å². The molecule has 1 unspecified atom stereocenters. The normalized spacial score (nSPS) is 24.4. The second-order valence-corrected chi connectivity index (χ2v) is 6.86. The Balaban J connectivity index is 2.33. The molecule has 0 saturated carbocycles. The summed E-state index contributed by atoms with van der Waals surface area (Å²) in [7, 11) is 0. The Morgan fingerprint density at radius 2 is 1.93 bits per heavy atom. The van der Waals surface area contributed by atoms with E-state index in [9.17, 15) is 0 Å². The fraction of sp³-hybridized carbons (Fsp3) is 1.00. The van der Waals surface area contributed by atoms with E-state index in [4.69, 9.17) is 0 Å². The third-order valence-electron chi connectivity index (χ3n) is 3.26. The van der Waals surface area contributed by atoms with Gasteiger partial charge in [-0.15, -0.1) is 0 Å². The summed E-state index contributed by atoms with van der Waals surface area (Å²) in [5, 5.41) is 3.58. The summed E-state index contributed by atoms with van der Waals surface area (Å²) >= 11 is 0. The van der Waals surface area contributed by atoms with Gasteiger partial charge < -0.3 is 5.32 Å². The first-order chi connectivity index (χ1) is 6.70. The Bertz CT molecular complexity index is 203. The Hall–Kier alpha value is -0.0800. The number of nitrogens with one attached hydrogen (secondary N) is 1. The van der Waals surface area contributed by atoms with Crippen molar-refractivity contribution < 1.29 is 0 Å². The Labute approximate surface area is 95.4 Å². The molecule has 90 valence electrons. The van der Waals surface area contributed by atoms with E-state index >= 15 is 0 Å². The van der Waals surface area contributed by atoms with Crippen LogP contribution in [0.4, 0.5) is 0 Å². The SMILES string of the molecule is CC(CNC(C)(C)C)N1CCC(C)(C)C1. The van der Waals surface area contributed by atoms with E-state index in [-0.39, 0.29) is 5.54 Å². The second kappa shape index (κ2) is 4.42. The van der Waals surface area contributed by atoms with Gasteiger partial charge in [0.25, 0.3) is 0 Å². The molecule has 1 aliphatic rings. The minimum absolute atomic E-state index is 0.240. The molecule has 0 bridgehead atoms. The van der Waals surface area contributed by atoms with Crippen LogP contribution in [0.1, 0.15) is 48.0 Å². The summed E-state index contributed by atoms with van der Waals surface area (Å²) in [6.07, 6.45) is 1.34. The van der Waals surface area contributed by atoms with E-state index in [0.29, 0.717) is 11.5 Å². The van der Waals surface area contributed by atoms with Crippen molar-refractivity contribution in [2.24, 2.45) is 5.41 Å². The Kier molecular flexibility index (Phi) is 3.83. The van der Waals surface area contributed by atoms with E-state index in [2.05, 4.69) is 51.8 Å². The maximum absolute atomic E-state index is 3.58. The van der Waals surface area contributed by atoms with Crippen molar-refractivity contribution in [3.8, 4) is 0 Å². The highest BCUT2D eigenvalue weighted by molar-refractivity contribution is 4.86. The van der Waals surface area contributed by atoms with Crippen molar-refractivity contribution in [3.63, 3.8) is 0 Å². The number of hydrogen-bond donors (Lipinski definition) is 1. The minimum Gasteiger partial charge on any atom is -0.311 e. The highest BCUT2D eigenvalue weighted by Crippen LogP contribution is 2.29. The lowest BCUT2D eigenvalue weighted by Gasteiger charge is -2.30. The van der Waals surface area contributed by atoms with Gasteiger partial charge in [0, 0.05) is 24.7 Å². The smallest absolute Gasteiger partial charge is 0.0192 e. The van der Waals surface area contributed by atoms with Crippen LogP contribution in [0, 0.1) is 5.41 Å². The van der Waals surface area contributed by atoms with Crippen LogP contribution in [0.25, 0.3) is 0 Å². The fourth-order valence-electron chi connectivity index (χ4n) is 2.11. The van der Waals surface area contributed by atoms with Gasteiger partial charge in [0.2, 0.25) is 0 Å². The minimum atomic E-state index is 0.240. The van der Waals surface area contributed by atoms with E-state index in [1.807, 2.05) is 0 Å². The molecule has 1 saturated heterocycles. The van der Waals surface area contributed by atoms with Crippen molar-refractivity contribution in [2.45, 2.75) is 59.5 Å². The largest absolute Gasteiger partial charge is 0.311 e. The predicted octanol–water partition coefficient (Wildman–Crippen LogP) is 2.49. The van der Waals surface area contributed by atoms with Crippen LogP contribution >= 0.6 is 0 Å². The zero-order chi connectivity index (χ0) is 11.7. The average molecular weight is 212 g/mol. The number of likely N-dealkylation sites (tertiary alicyclic amines) is 1. The lowest BCUT2D eigenvalue weighted by molar-refractivity contribution is 0.214. The molecule has 0 amide bonds. The molecule has 1 heterocycles. The van der Waals surface area contributed by atoms with Crippen LogP contribution in [-0.4, -0.2) is 36.1 Å². The lowest BCUT2D eigenvalue weighted by atomic mass is 9.93. The van der Waals surface area contributed by atoms with Gasteiger partial charge in [0.1, 0.15) is 0 Å². The lowest BCUT2D eigenvalue weighted by Crippen LogP contribution is -2.46. The molecule has 1 N–H and O–H groups in total. The third kappa shape index (κ3) is 4.52. The molecule has 0 aliphatic carbocycles. The van der Waals surface area contributed by atoms with Crippen molar-refractivity contribution in [1.29, 1.82) is 0 Å². The van der Waals surface area contributed by atoms with Crippen LogP contribution in [0.5, 0.6) is 0 Å². The van der Waals surface area contributed by atoms with Crippen LogP contribution in [0.2, 0.25) is 0 Å². The van der Waals surface area contributed by atoms with Crippen molar-refractivity contribution in [1.82, 2.24) is 10.2 Å². The second-order valence-electron chi connectivity index (χ2n) is 6.86.